The Bertz CT molecular complexity index is 1020. The minimum atomic E-state index is -0.805. The molecule has 0 spiro atoms. The predicted molar refractivity (Wildman–Crippen MR) is 131 cm³/mol. The van der Waals surface area contributed by atoms with Crippen molar-refractivity contribution in [3.8, 4) is 17.2 Å². The Hall–Kier alpha value is -3.03. The quantitative estimate of drug-likeness (QED) is 0.487. The van der Waals surface area contributed by atoms with Gasteiger partial charge in [0.2, 0.25) is 0 Å². The van der Waals surface area contributed by atoms with Crippen molar-refractivity contribution in [2.45, 2.75) is 44.9 Å². The lowest BCUT2D eigenvalue weighted by Gasteiger charge is -2.27. The molecule has 2 aromatic carbocycles. The first-order valence-corrected chi connectivity index (χ1v) is 11.9. The molecule has 1 aromatic heterocycles. The molecule has 0 bridgehead atoms. The number of methoxy groups -OCH3 is 1. The molecule has 0 amide bonds. The lowest BCUT2D eigenvalue weighted by molar-refractivity contribution is -0.0168. The number of hydrogen-bond acceptors (Lipinski definition) is 6. The van der Waals surface area contributed by atoms with Gasteiger partial charge in [-0.25, -0.2) is 0 Å². The molecule has 1 saturated heterocycles. The largest absolute Gasteiger partial charge is 0.493 e. The summed E-state index contributed by atoms with van der Waals surface area (Å²) in [6.45, 7) is 6.12. The van der Waals surface area contributed by atoms with E-state index >= 15 is 0 Å². The number of aryl methyl sites for hydroxylation is 1. The van der Waals surface area contributed by atoms with Crippen LogP contribution in [0.4, 0.5) is 0 Å². The lowest BCUT2D eigenvalue weighted by Crippen LogP contribution is -2.37. The van der Waals surface area contributed by atoms with Crippen LogP contribution in [0.3, 0.4) is 0 Å². The molecule has 1 fully saturated rings. The number of rotatable bonds is 10. The summed E-state index contributed by atoms with van der Waals surface area (Å²) in [6.07, 6.45) is 6.03. The number of hydrogen-bond donors (Lipinski definition) is 1. The molecular weight excluding hydrogens is 430 g/mol. The molecule has 182 valence electrons. The van der Waals surface area contributed by atoms with Crippen LogP contribution in [-0.4, -0.2) is 58.8 Å². The van der Waals surface area contributed by atoms with Gasteiger partial charge in [-0.05, 0) is 68.6 Å². The highest BCUT2D eigenvalue weighted by Crippen LogP contribution is 2.30. The van der Waals surface area contributed by atoms with Gasteiger partial charge in [-0.1, -0.05) is 23.8 Å². The lowest BCUT2D eigenvalue weighted by atomic mass is 9.96. The third kappa shape index (κ3) is 6.74. The second-order valence-corrected chi connectivity index (χ2v) is 9.06. The van der Waals surface area contributed by atoms with Crippen molar-refractivity contribution in [2.24, 2.45) is 0 Å². The van der Waals surface area contributed by atoms with Gasteiger partial charge in [-0.2, -0.15) is 5.10 Å². The summed E-state index contributed by atoms with van der Waals surface area (Å²) in [4.78, 5) is 2.39. The second-order valence-electron chi connectivity index (χ2n) is 9.06. The Morgan fingerprint density at radius 3 is 2.65 bits per heavy atom. The monoisotopic (exact) mass is 465 g/mol. The zero-order valence-electron chi connectivity index (χ0n) is 20.2. The van der Waals surface area contributed by atoms with Crippen molar-refractivity contribution in [1.82, 2.24) is 14.7 Å². The molecule has 0 unspecified atom stereocenters. The van der Waals surface area contributed by atoms with Crippen LogP contribution in [-0.2, 0) is 13.1 Å². The highest BCUT2D eigenvalue weighted by molar-refractivity contribution is 5.43. The van der Waals surface area contributed by atoms with Gasteiger partial charge in [-0.3, -0.25) is 9.58 Å². The summed E-state index contributed by atoms with van der Waals surface area (Å²) < 4.78 is 19.3. The van der Waals surface area contributed by atoms with Crippen molar-refractivity contribution >= 4 is 0 Å². The molecule has 1 aliphatic heterocycles. The average molecular weight is 466 g/mol. The summed E-state index contributed by atoms with van der Waals surface area (Å²) in [5.74, 6) is 2.27. The topological polar surface area (TPSA) is 69.0 Å². The second kappa shape index (κ2) is 11.4. The summed E-state index contributed by atoms with van der Waals surface area (Å²) in [7, 11) is 1.66. The molecule has 2 heterocycles. The Morgan fingerprint density at radius 1 is 1.03 bits per heavy atom. The smallest absolute Gasteiger partial charge is 0.161 e. The number of benzene rings is 2. The van der Waals surface area contributed by atoms with Gasteiger partial charge in [0.05, 0.1) is 19.3 Å². The van der Waals surface area contributed by atoms with Crippen LogP contribution < -0.4 is 14.2 Å². The van der Waals surface area contributed by atoms with Crippen molar-refractivity contribution in [3.05, 3.63) is 72.1 Å². The standard InChI is InChI=1S/C27H35N3O4/c1-22-5-8-24(9-6-22)34-21-27(31)11-3-14-29(16-12-27)20-23-7-10-25(32-2)26(19-23)33-18-17-30-15-4-13-28-30/h4-10,13,15,19,31H,3,11-12,14,16-18,20-21H2,1-2H3/t27-/m1/s1. The highest BCUT2D eigenvalue weighted by atomic mass is 16.5. The maximum atomic E-state index is 11.1. The van der Waals surface area contributed by atoms with Crippen molar-refractivity contribution in [3.63, 3.8) is 0 Å². The molecule has 3 aromatic rings. The van der Waals surface area contributed by atoms with Gasteiger partial charge < -0.3 is 19.3 Å². The van der Waals surface area contributed by atoms with Crippen molar-refractivity contribution in [2.75, 3.05) is 33.4 Å². The number of aromatic nitrogens is 2. The first-order valence-electron chi connectivity index (χ1n) is 11.9. The van der Waals surface area contributed by atoms with Crippen LogP contribution in [0, 0.1) is 6.92 Å². The summed E-state index contributed by atoms with van der Waals surface area (Å²) >= 11 is 0. The van der Waals surface area contributed by atoms with Crippen LogP contribution in [0.2, 0.25) is 0 Å². The minimum absolute atomic E-state index is 0.320. The number of likely N-dealkylation sites (tertiary alicyclic amines) is 1. The maximum absolute atomic E-state index is 11.1. The molecule has 34 heavy (non-hydrogen) atoms. The van der Waals surface area contributed by atoms with E-state index in [0.29, 0.717) is 26.2 Å². The molecule has 1 N–H and O–H groups in total. The Labute approximate surface area is 201 Å². The zero-order chi connectivity index (χ0) is 23.8. The number of nitrogens with zero attached hydrogens (tertiary/aromatic N) is 3. The fraction of sp³-hybridized carbons (Fsp3) is 0.444. The molecule has 7 heteroatoms. The third-order valence-electron chi connectivity index (χ3n) is 6.31. The van der Waals surface area contributed by atoms with Crippen LogP contribution in [0.25, 0.3) is 0 Å². The van der Waals surface area contributed by atoms with Gasteiger partial charge in [0.15, 0.2) is 11.5 Å². The molecule has 0 saturated carbocycles. The Morgan fingerprint density at radius 2 is 1.88 bits per heavy atom. The fourth-order valence-corrected chi connectivity index (χ4v) is 4.26. The normalized spacial score (nSPS) is 18.9. The highest BCUT2D eigenvalue weighted by Gasteiger charge is 2.31. The first kappa shape index (κ1) is 24.1. The van der Waals surface area contributed by atoms with Crippen LogP contribution in [0.1, 0.15) is 30.4 Å². The van der Waals surface area contributed by atoms with E-state index in [1.807, 2.05) is 47.3 Å². The van der Waals surface area contributed by atoms with Gasteiger partial charge in [0, 0.05) is 25.5 Å². The molecule has 0 aliphatic carbocycles. The molecule has 7 nitrogen and oxygen atoms in total. The Kier molecular flexibility index (Phi) is 8.08. The fourth-order valence-electron chi connectivity index (χ4n) is 4.26. The Balaban J connectivity index is 1.31. The zero-order valence-corrected chi connectivity index (χ0v) is 20.2. The van der Waals surface area contributed by atoms with E-state index < -0.39 is 5.60 Å². The molecular formula is C27H35N3O4. The van der Waals surface area contributed by atoms with E-state index in [4.69, 9.17) is 14.2 Å². The van der Waals surface area contributed by atoms with E-state index in [1.165, 1.54) is 5.56 Å². The van der Waals surface area contributed by atoms with Gasteiger partial charge >= 0.3 is 0 Å². The number of ether oxygens (including phenoxy) is 3. The van der Waals surface area contributed by atoms with Crippen LogP contribution in [0.5, 0.6) is 17.2 Å². The van der Waals surface area contributed by atoms with Gasteiger partial charge in [0.25, 0.3) is 0 Å². The SMILES string of the molecule is COc1ccc(CN2CCC[C@](O)(COc3ccc(C)cc3)CC2)cc1OCCn1cccn1. The van der Waals surface area contributed by atoms with E-state index in [0.717, 1.165) is 55.3 Å². The van der Waals surface area contributed by atoms with Gasteiger partial charge in [0.1, 0.15) is 19.0 Å². The molecule has 1 aliphatic rings. The van der Waals surface area contributed by atoms with Crippen molar-refractivity contribution < 1.29 is 19.3 Å². The summed E-state index contributed by atoms with van der Waals surface area (Å²) in [6, 6.07) is 16.0. The number of aliphatic hydroxyl groups is 1. The van der Waals surface area contributed by atoms with E-state index in [-0.39, 0.29) is 0 Å². The predicted octanol–water partition coefficient (Wildman–Crippen LogP) is 4.08. The first-order chi connectivity index (χ1) is 16.5. The van der Waals surface area contributed by atoms with Gasteiger partial charge in [-0.15, -0.1) is 0 Å². The molecule has 4 rings (SSSR count). The summed E-state index contributed by atoms with van der Waals surface area (Å²) in [5.41, 5.74) is 1.55. The average Bonchev–Trinajstić information content (AvgIpc) is 3.29. The van der Waals surface area contributed by atoms with E-state index in [9.17, 15) is 5.11 Å². The van der Waals surface area contributed by atoms with Crippen molar-refractivity contribution in [1.29, 1.82) is 0 Å². The minimum Gasteiger partial charge on any atom is -0.493 e. The summed E-state index contributed by atoms with van der Waals surface area (Å²) in [5, 5.41) is 15.4. The molecule has 0 radical (unpaired) electrons. The maximum Gasteiger partial charge on any atom is 0.161 e. The van der Waals surface area contributed by atoms with E-state index in [1.54, 1.807) is 13.3 Å². The molecule has 1 atom stereocenters. The third-order valence-corrected chi connectivity index (χ3v) is 6.31. The van der Waals surface area contributed by atoms with Crippen LogP contribution >= 0.6 is 0 Å². The van der Waals surface area contributed by atoms with E-state index in [2.05, 4.69) is 29.1 Å². The van der Waals surface area contributed by atoms with Crippen LogP contribution in [0.15, 0.2) is 60.9 Å².